The topological polar surface area (TPSA) is 311 Å². The highest BCUT2D eigenvalue weighted by molar-refractivity contribution is 8.00. The molecule has 4 rings (SSSR count). The summed E-state index contributed by atoms with van der Waals surface area (Å²) in [7, 11) is 1.66. The standard InChI is InChI=1S/C22H29N13O7S2/c1-32-15(24)10(34(21(25)26)4-2-3-23)6-33(32)5-9-8-43-19-13(18(39)35(19)14(9)20(40)41)28-17(38)12(30-42-7-11(36)37)16-29-22(27)44-31-16/h6,13,19,24H,2-5,7-8,23H2,1H3,(H8,25,26,27,28,29,31,36,37,38,40,41)/p+1/b30-12-/t13-,19-/m1/s1. The highest BCUT2D eigenvalue weighted by Crippen LogP contribution is 2.40. The Bertz CT molecular complexity index is 1570. The number of carbonyl (C=O) groups excluding carboxylic acids is 2. The van der Waals surface area contributed by atoms with Crippen LogP contribution >= 0.6 is 23.3 Å². The minimum absolute atomic E-state index is 0.00534. The number of carboxylic acid groups (broad SMARTS) is 2. The fourth-order valence-corrected chi connectivity index (χ4v) is 6.22. The molecular formula is C22H30N13O7S2+. The number of aliphatic carboxylic acids is 2. The van der Waals surface area contributed by atoms with Crippen LogP contribution in [-0.2, 0) is 37.6 Å². The number of thioether (sulfide) groups is 1. The van der Waals surface area contributed by atoms with Gasteiger partial charge in [-0.1, -0.05) is 5.16 Å². The summed E-state index contributed by atoms with van der Waals surface area (Å²) in [5.41, 5.74) is 23.3. The predicted octanol–water partition coefficient (Wildman–Crippen LogP) is -3.38. The number of nitrogens with one attached hydrogen (secondary N) is 2. The van der Waals surface area contributed by atoms with Gasteiger partial charge >= 0.3 is 11.9 Å². The van der Waals surface area contributed by atoms with Crippen molar-refractivity contribution in [2.45, 2.75) is 24.4 Å². The van der Waals surface area contributed by atoms with Crippen molar-refractivity contribution < 1.29 is 38.9 Å². The van der Waals surface area contributed by atoms with Gasteiger partial charge in [-0.05, 0) is 13.0 Å². The van der Waals surface area contributed by atoms with E-state index in [-0.39, 0.29) is 40.7 Å². The van der Waals surface area contributed by atoms with Crippen LogP contribution in [0.4, 0.5) is 16.6 Å². The number of fused-ring (bicyclic) bond motifs is 1. The van der Waals surface area contributed by atoms with Crippen molar-refractivity contribution in [3.05, 3.63) is 23.3 Å². The largest absolute Gasteiger partial charge is 0.479 e. The fourth-order valence-electron chi connectivity index (χ4n) is 4.46. The van der Waals surface area contributed by atoms with Crippen LogP contribution in [0.5, 0.6) is 0 Å². The number of amides is 2. The molecule has 0 bridgehead atoms. The Morgan fingerprint density at radius 2 is 2.07 bits per heavy atom. The highest BCUT2D eigenvalue weighted by atomic mass is 32.2. The summed E-state index contributed by atoms with van der Waals surface area (Å²) in [4.78, 5) is 60.6. The number of nitrogen functional groups attached to an aromatic ring is 2. The van der Waals surface area contributed by atoms with E-state index >= 15 is 0 Å². The molecule has 2 amide bonds. The van der Waals surface area contributed by atoms with E-state index in [1.54, 1.807) is 22.6 Å². The number of carboxylic acids is 2. The number of oxime groups is 1. The summed E-state index contributed by atoms with van der Waals surface area (Å²) in [6, 6.07) is -1.14. The molecule has 2 aromatic rings. The molecule has 20 nitrogen and oxygen atoms in total. The number of hydrogen-bond donors (Lipinski definition) is 8. The molecule has 0 aromatic carbocycles. The molecule has 22 heteroatoms. The number of nitrogens with zero attached hydrogens (tertiary/aromatic N) is 7. The zero-order valence-corrected chi connectivity index (χ0v) is 24.8. The number of hydrogen-bond acceptors (Lipinski definition) is 14. The predicted molar refractivity (Wildman–Crippen MR) is 157 cm³/mol. The van der Waals surface area contributed by atoms with Crippen LogP contribution in [0.2, 0.25) is 0 Å². The van der Waals surface area contributed by atoms with Crippen molar-refractivity contribution in [2.75, 3.05) is 41.8 Å². The maximum atomic E-state index is 13.2. The van der Waals surface area contributed by atoms with E-state index in [1.807, 2.05) is 0 Å². The lowest BCUT2D eigenvalue weighted by molar-refractivity contribution is -0.765. The van der Waals surface area contributed by atoms with Crippen LogP contribution in [0.25, 0.3) is 0 Å². The normalized spacial score (nSPS) is 18.0. The van der Waals surface area contributed by atoms with E-state index in [2.05, 4.69) is 24.7 Å². The van der Waals surface area contributed by atoms with Crippen LogP contribution in [-0.4, -0.2) is 101 Å². The first-order chi connectivity index (χ1) is 20.8. The Labute approximate surface area is 256 Å². The third kappa shape index (κ3) is 6.35. The van der Waals surface area contributed by atoms with Crippen molar-refractivity contribution in [3.8, 4) is 0 Å². The lowest BCUT2D eigenvalue weighted by Gasteiger charge is -2.49. The zero-order valence-electron chi connectivity index (χ0n) is 23.2. The third-order valence-corrected chi connectivity index (χ3v) is 8.42. The van der Waals surface area contributed by atoms with Crippen molar-refractivity contribution >= 4 is 75.4 Å². The molecule has 2 atom stereocenters. The monoisotopic (exact) mass is 652 g/mol. The van der Waals surface area contributed by atoms with E-state index in [0.29, 0.717) is 30.8 Å². The van der Waals surface area contributed by atoms with E-state index < -0.39 is 47.5 Å². The Kier molecular flexibility index (Phi) is 9.54. The summed E-state index contributed by atoms with van der Waals surface area (Å²) in [6.45, 7) is -0.0917. The SMILES string of the molecule is Cn1c(N)c(N(CCCN)C(=N)N)c[n+]1CC1=C(C(=O)O)N2C(=O)[C@@H](NC(=O)/C(=N\OCC(=O)O)c3nsc(N)n3)[C@H]2SC1. The first-order valence-electron chi connectivity index (χ1n) is 12.7. The molecule has 12 N–H and O–H groups in total. The Balaban J connectivity index is 1.56. The molecule has 236 valence electrons. The second kappa shape index (κ2) is 13.1. The van der Waals surface area contributed by atoms with Gasteiger partial charge in [0.25, 0.3) is 11.8 Å². The van der Waals surface area contributed by atoms with Gasteiger partial charge in [0.15, 0.2) is 29.1 Å². The van der Waals surface area contributed by atoms with Gasteiger partial charge in [0.1, 0.15) is 17.1 Å². The lowest BCUT2D eigenvalue weighted by atomic mass is 10.0. The quantitative estimate of drug-likeness (QED) is 0.0344. The zero-order chi connectivity index (χ0) is 32.3. The summed E-state index contributed by atoms with van der Waals surface area (Å²) in [6.07, 6.45) is 2.18. The van der Waals surface area contributed by atoms with Gasteiger partial charge in [0.05, 0.1) is 7.05 Å². The summed E-state index contributed by atoms with van der Waals surface area (Å²) < 4.78 is 7.09. The van der Waals surface area contributed by atoms with E-state index in [4.69, 9.17) is 33.5 Å². The van der Waals surface area contributed by atoms with Gasteiger partial charge in [-0.3, -0.25) is 19.9 Å². The highest BCUT2D eigenvalue weighted by Gasteiger charge is 2.55. The van der Waals surface area contributed by atoms with Gasteiger partial charge in [0.2, 0.25) is 24.3 Å². The molecule has 2 aliphatic heterocycles. The number of guanidine groups is 1. The number of nitrogens with two attached hydrogens (primary N) is 4. The number of rotatable bonds is 13. The molecule has 2 aromatic heterocycles. The fraction of sp³-hybridized carbons (Fsp3) is 0.409. The van der Waals surface area contributed by atoms with Gasteiger partial charge < -0.3 is 48.2 Å². The number of β-lactam (4-membered cyclic amide) rings is 1. The van der Waals surface area contributed by atoms with Crippen LogP contribution < -0.4 is 37.8 Å². The van der Waals surface area contributed by atoms with Gasteiger partial charge in [-0.25, -0.2) is 9.59 Å². The minimum Gasteiger partial charge on any atom is -0.479 e. The number of anilines is 3. The molecule has 0 radical (unpaired) electrons. The average Bonchev–Trinajstić information content (AvgIpc) is 3.51. The summed E-state index contributed by atoms with van der Waals surface area (Å²) in [5, 5.41) is 32.1. The van der Waals surface area contributed by atoms with Gasteiger partial charge in [-0.15, -0.1) is 21.1 Å². The molecule has 4 heterocycles. The van der Waals surface area contributed by atoms with Gasteiger partial charge in [-0.2, -0.15) is 9.36 Å². The lowest BCUT2D eigenvalue weighted by Crippen LogP contribution is -2.71. The average molecular weight is 653 g/mol. The van der Waals surface area contributed by atoms with Gasteiger partial charge in [0, 0.05) is 29.4 Å². The first-order valence-corrected chi connectivity index (χ1v) is 14.6. The van der Waals surface area contributed by atoms with Crippen LogP contribution in [0, 0.1) is 5.41 Å². The molecule has 2 aliphatic rings. The van der Waals surface area contributed by atoms with Crippen molar-refractivity contribution in [1.29, 1.82) is 5.41 Å². The number of aromatic nitrogens is 4. The second-order valence-corrected chi connectivity index (χ2v) is 11.3. The molecule has 0 spiro atoms. The Morgan fingerprint density at radius 1 is 1.34 bits per heavy atom. The van der Waals surface area contributed by atoms with Crippen molar-refractivity contribution in [1.82, 2.24) is 24.3 Å². The molecule has 0 saturated carbocycles. The summed E-state index contributed by atoms with van der Waals surface area (Å²) >= 11 is 1.99. The molecular weight excluding hydrogens is 622 g/mol. The van der Waals surface area contributed by atoms with Crippen molar-refractivity contribution in [2.24, 2.45) is 23.7 Å². The van der Waals surface area contributed by atoms with E-state index in [1.165, 1.54) is 16.7 Å². The molecule has 0 unspecified atom stereocenters. The Morgan fingerprint density at radius 3 is 2.66 bits per heavy atom. The molecule has 0 aliphatic carbocycles. The molecule has 44 heavy (non-hydrogen) atoms. The van der Waals surface area contributed by atoms with E-state index in [0.717, 1.165) is 16.4 Å². The maximum Gasteiger partial charge on any atom is 0.352 e. The first kappa shape index (κ1) is 32.0. The third-order valence-electron chi connectivity index (χ3n) is 6.54. The van der Waals surface area contributed by atoms with Crippen molar-refractivity contribution in [3.63, 3.8) is 0 Å². The number of carbonyl (C=O) groups is 4. The smallest absolute Gasteiger partial charge is 0.352 e. The maximum absolute atomic E-state index is 13.2. The summed E-state index contributed by atoms with van der Waals surface area (Å²) in [5.74, 6) is -4.35. The van der Waals surface area contributed by atoms with E-state index in [9.17, 15) is 24.3 Å². The Hall–Kier alpha value is -4.96. The molecule has 1 saturated heterocycles. The second-order valence-electron chi connectivity index (χ2n) is 9.38. The van der Waals surface area contributed by atoms with Crippen LogP contribution in [0.1, 0.15) is 12.2 Å². The van der Waals surface area contributed by atoms with Crippen LogP contribution in [0.15, 0.2) is 22.6 Å². The minimum atomic E-state index is -1.35. The van der Waals surface area contributed by atoms with Crippen LogP contribution in [0.3, 0.4) is 0 Å². The molecule has 1 fully saturated rings.